The van der Waals surface area contributed by atoms with E-state index in [1.807, 2.05) is 48.5 Å². The Bertz CT molecular complexity index is 1020. The summed E-state index contributed by atoms with van der Waals surface area (Å²) in [6.07, 6.45) is 0.820. The summed E-state index contributed by atoms with van der Waals surface area (Å²) < 4.78 is 5.88. The number of nitrogen functional groups attached to an aromatic ring is 1. The first kappa shape index (κ1) is 16.2. The van der Waals surface area contributed by atoms with Crippen LogP contribution in [0.2, 0.25) is 0 Å². The summed E-state index contributed by atoms with van der Waals surface area (Å²) in [5, 5.41) is 2.36. The molecule has 0 fully saturated rings. The lowest BCUT2D eigenvalue weighted by Crippen LogP contribution is -2.05. The van der Waals surface area contributed by atoms with E-state index in [1.165, 1.54) is 16.3 Å². The van der Waals surface area contributed by atoms with Crippen molar-refractivity contribution in [1.29, 1.82) is 0 Å². The molecule has 0 radical (unpaired) electrons. The molecular weight excluding hydrogens is 320 g/mol. The van der Waals surface area contributed by atoms with Gasteiger partial charge in [-0.05, 0) is 28.5 Å². The third-order valence-electron chi connectivity index (χ3n) is 4.43. The molecule has 1 heterocycles. The van der Waals surface area contributed by atoms with E-state index < -0.39 is 0 Å². The van der Waals surface area contributed by atoms with Gasteiger partial charge in [0.15, 0.2) is 0 Å². The predicted octanol–water partition coefficient (Wildman–Crippen LogP) is 5.11. The average molecular weight is 340 g/mol. The average Bonchev–Trinajstić information content (AvgIpc) is 2.70. The van der Waals surface area contributed by atoms with Crippen LogP contribution in [-0.4, -0.2) is 11.6 Å². The van der Waals surface area contributed by atoms with E-state index in [0.717, 1.165) is 17.7 Å². The molecule has 1 aromatic heterocycles. The SMILES string of the molecule is Nc1ccc(-c2cccc3ccccc23)nc1OCCc1ccccc1. The summed E-state index contributed by atoms with van der Waals surface area (Å²) >= 11 is 0. The molecule has 128 valence electrons. The van der Waals surface area contributed by atoms with Gasteiger partial charge in [0, 0.05) is 12.0 Å². The normalized spacial score (nSPS) is 10.8. The summed E-state index contributed by atoms with van der Waals surface area (Å²) in [6.45, 7) is 0.542. The lowest BCUT2D eigenvalue weighted by atomic mass is 10.0. The van der Waals surface area contributed by atoms with Gasteiger partial charge in [0.1, 0.15) is 0 Å². The van der Waals surface area contributed by atoms with Gasteiger partial charge in [-0.25, -0.2) is 4.98 Å². The van der Waals surface area contributed by atoms with E-state index in [4.69, 9.17) is 10.5 Å². The molecule has 26 heavy (non-hydrogen) atoms. The quantitative estimate of drug-likeness (QED) is 0.549. The van der Waals surface area contributed by atoms with Crippen molar-refractivity contribution < 1.29 is 4.74 Å². The van der Waals surface area contributed by atoms with Gasteiger partial charge in [-0.3, -0.25) is 0 Å². The first-order valence-electron chi connectivity index (χ1n) is 8.72. The van der Waals surface area contributed by atoms with E-state index in [0.29, 0.717) is 18.2 Å². The number of benzene rings is 3. The second-order valence-electron chi connectivity index (χ2n) is 6.20. The lowest BCUT2D eigenvalue weighted by molar-refractivity contribution is 0.312. The van der Waals surface area contributed by atoms with E-state index in [2.05, 4.69) is 41.4 Å². The molecule has 0 aliphatic carbocycles. The van der Waals surface area contributed by atoms with Crippen molar-refractivity contribution >= 4 is 16.5 Å². The summed E-state index contributed by atoms with van der Waals surface area (Å²) in [6, 6.07) is 28.6. The number of pyridine rings is 1. The third-order valence-corrected chi connectivity index (χ3v) is 4.43. The number of nitrogens with two attached hydrogens (primary N) is 1. The zero-order chi connectivity index (χ0) is 17.8. The molecule has 2 N–H and O–H groups in total. The van der Waals surface area contributed by atoms with E-state index in [1.54, 1.807) is 0 Å². The Morgan fingerprint density at radius 1 is 0.769 bits per heavy atom. The Morgan fingerprint density at radius 3 is 2.42 bits per heavy atom. The van der Waals surface area contributed by atoms with Gasteiger partial charge < -0.3 is 10.5 Å². The number of hydrogen-bond donors (Lipinski definition) is 1. The second-order valence-corrected chi connectivity index (χ2v) is 6.20. The Balaban J connectivity index is 1.59. The number of ether oxygens (including phenoxy) is 1. The highest BCUT2D eigenvalue weighted by atomic mass is 16.5. The van der Waals surface area contributed by atoms with Crippen molar-refractivity contribution in [2.75, 3.05) is 12.3 Å². The molecule has 0 spiro atoms. The van der Waals surface area contributed by atoms with Crippen LogP contribution in [-0.2, 0) is 6.42 Å². The van der Waals surface area contributed by atoms with Gasteiger partial charge in [0.05, 0.1) is 18.0 Å². The molecule has 0 bridgehead atoms. The molecule has 0 saturated carbocycles. The van der Waals surface area contributed by atoms with Crippen LogP contribution in [0.5, 0.6) is 5.88 Å². The van der Waals surface area contributed by atoms with Crippen LogP contribution in [0.25, 0.3) is 22.0 Å². The fourth-order valence-corrected chi connectivity index (χ4v) is 3.08. The minimum Gasteiger partial charge on any atom is -0.476 e. The fourth-order valence-electron chi connectivity index (χ4n) is 3.08. The smallest absolute Gasteiger partial charge is 0.237 e. The van der Waals surface area contributed by atoms with Gasteiger partial charge in [-0.15, -0.1) is 0 Å². The molecule has 3 aromatic carbocycles. The predicted molar refractivity (Wildman–Crippen MR) is 107 cm³/mol. The summed E-state index contributed by atoms with van der Waals surface area (Å²) in [5.41, 5.74) is 9.81. The first-order valence-corrected chi connectivity index (χ1v) is 8.72. The zero-order valence-electron chi connectivity index (χ0n) is 14.4. The number of aromatic nitrogens is 1. The molecule has 0 aliphatic rings. The standard InChI is InChI=1S/C23H20N2O/c24-21-13-14-22(20-12-6-10-18-9-4-5-11-19(18)20)25-23(21)26-16-15-17-7-2-1-3-8-17/h1-14H,15-16,24H2. The fraction of sp³-hybridized carbons (Fsp3) is 0.0870. The second kappa shape index (κ2) is 7.28. The minimum absolute atomic E-state index is 0.492. The topological polar surface area (TPSA) is 48.1 Å². The van der Waals surface area contributed by atoms with Crippen molar-refractivity contribution in [3.05, 3.63) is 90.5 Å². The van der Waals surface area contributed by atoms with Crippen molar-refractivity contribution in [2.45, 2.75) is 6.42 Å². The number of fused-ring (bicyclic) bond motifs is 1. The van der Waals surface area contributed by atoms with Crippen LogP contribution < -0.4 is 10.5 Å². The van der Waals surface area contributed by atoms with Crippen LogP contribution in [0, 0.1) is 0 Å². The van der Waals surface area contributed by atoms with Crippen LogP contribution in [0.15, 0.2) is 84.9 Å². The highest BCUT2D eigenvalue weighted by molar-refractivity contribution is 5.95. The lowest BCUT2D eigenvalue weighted by Gasteiger charge is -2.11. The summed E-state index contributed by atoms with van der Waals surface area (Å²) in [4.78, 5) is 4.68. The summed E-state index contributed by atoms with van der Waals surface area (Å²) in [7, 11) is 0. The van der Waals surface area contributed by atoms with Crippen LogP contribution in [0.4, 0.5) is 5.69 Å². The van der Waals surface area contributed by atoms with Crippen molar-refractivity contribution in [2.24, 2.45) is 0 Å². The number of hydrogen-bond acceptors (Lipinski definition) is 3. The molecule has 0 aliphatic heterocycles. The van der Waals surface area contributed by atoms with E-state index in [-0.39, 0.29) is 0 Å². The van der Waals surface area contributed by atoms with Gasteiger partial charge >= 0.3 is 0 Å². The molecule has 3 nitrogen and oxygen atoms in total. The van der Waals surface area contributed by atoms with Crippen LogP contribution >= 0.6 is 0 Å². The molecule has 4 rings (SSSR count). The van der Waals surface area contributed by atoms with Gasteiger partial charge in [0.25, 0.3) is 0 Å². The highest BCUT2D eigenvalue weighted by Gasteiger charge is 2.09. The molecule has 0 saturated heterocycles. The number of rotatable bonds is 5. The molecule has 0 amide bonds. The molecule has 4 aromatic rings. The molecule has 0 atom stereocenters. The zero-order valence-corrected chi connectivity index (χ0v) is 14.4. The maximum absolute atomic E-state index is 6.07. The maximum atomic E-state index is 6.07. The maximum Gasteiger partial charge on any atom is 0.237 e. The van der Waals surface area contributed by atoms with Crippen molar-refractivity contribution in [1.82, 2.24) is 4.98 Å². The Hall–Kier alpha value is -3.33. The third kappa shape index (κ3) is 3.38. The summed E-state index contributed by atoms with van der Waals surface area (Å²) in [5.74, 6) is 0.492. The molecular formula is C23H20N2O. The minimum atomic E-state index is 0.492. The number of nitrogens with zero attached hydrogens (tertiary/aromatic N) is 1. The van der Waals surface area contributed by atoms with Gasteiger partial charge in [0.2, 0.25) is 5.88 Å². The van der Waals surface area contributed by atoms with Crippen LogP contribution in [0.1, 0.15) is 5.56 Å². The Morgan fingerprint density at radius 2 is 1.54 bits per heavy atom. The number of anilines is 1. The van der Waals surface area contributed by atoms with E-state index >= 15 is 0 Å². The van der Waals surface area contributed by atoms with Crippen molar-refractivity contribution in [3.8, 4) is 17.1 Å². The van der Waals surface area contributed by atoms with Crippen LogP contribution in [0.3, 0.4) is 0 Å². The molecule has 3 heteroatoms. The van der Waals surface area contributed by atoms with Gasteiger partial charge in [-0.2, -0.15) is 0 Å². The van der Waals surface area contributed by atoms with E-state index in [9.17, 15) is 0 Å². The Kier molecular flexibility index (Phi) is 4.52. The largest absolute Gasteiger partial charge is 0.476 e. The molecule has 0 unspecified atom stereocenters. The van der Waals surface area contributed by atoms with Gasteiger partial charge in [-0.1, -0.05) is 72.8 Å². The first-order chi connectivity index (χ1) is 12.8. The van der Waals surface area contributed by atoms with Crippen molar-refractivity contribution in [3.63, 3.8) is 0 Å². The monoisotopic (exact) mass is 340 g/mol. The Labute approximate surface area is 153 Å². The highest BCUT2D eigenvalue weighted by Crippen LogP contribution is 2.30.